The van der Waals surface area contributed by atoms with E-state index >= 15 is 0 Å². The molecular weight excluding hydrogens is 334 g/mol. The lowest BCUT2D eigenvalue weighted by Gasteiger charge is -2.05. The molecule has 0 unspecified atom stereocenters. The van der Waals surface area contributed by atoms with Gasteiger partial charge in [0, 0.05) is 17.1 Å². The molecule has 25 heavy (non-hydrogen) atoms. The summed E-state index contributed by atoms with van der Waals surface area (Å²) in [6.45, 7) is 2.74. The van der Waals surface area contributed by atoms with Crippen molar-refractivity contribution in [3.63, 3.8) is 0 Å². The van der Waals surface area contributed by atoms with E-state index in [1.54, 1.807) is 25.1 Å². The van der Waals surface area contributed by atoms with E-state index in [0.29, 0.717) is 12.5 Å². The van der Waals surface area contributed by atoms with Crippen molar-refractivity contribution in [2.45, 2.75) is 12.7 Å². The minimum Gasteiger partial charge on any atom is -0.497 e. The third-order valence-corrected chi connectivity index (χ3v) is 4.61. The summed E-state index contributed by atoms with van der Waals surface area (Å²) in [6.07, 6.45) is 1.72. The summed E-state index contributed by atoms with van der Waals surface area (Å²) < 4.78 is 16.4. The van der Waals surface area contributed by atoms with Gasteiger partial charge in [0.05, 0.1) is 19.4 Å². The molecule has 0 radical (unpaired) electrons. The van der Waals surface area contributed by atoms with Crippen LogP contribution in [-0.4, -0.2) is 24.5 Å². The van der Waals surface area contributed by atoms with Gasteiger partial charge in [-0.1, -0.05) is 17.7 Å². The van der Waals surface area contributed by atoms with Gasteiger partial charge in [0.2, 0.25) is 5.89 Å². The summed E-state index contributed by atoms with van der Waals surface area (Å²) in [5.74, 6) is 4.07. The highest BCUT2D eigenvalue weighted by molar-refractivity contribution is 7.98. The number of aryl methyl sites for hydroxylation is 1. The van der Waals surface area contributed by atoms with Crippen molar-refractivity contribution in [1.29, 1.82) is 0 Å². The van der Waals surface area contributed by atoms with Crippen LogP contribution in [0.3, 0.4) is 0 Å². The van der Waals surface area contributed by atoms with Crippen LogP contribution in [0, 0.1) is 6.92 Å². The van der Waals surface area contributed by atoms with Gasteiger partial charge >= 0.3 is 0 Å². The number of nitrogens with zero attached hydrogens (tertiary/aromatic N) is 1. The van der Waals surface area contributed by atoms with Crippen molar-refractivity contribution in [2.24, 2.45) is 0 Å². The Morgan fingerprint density at radius 2 is 1.72 bits per heavy atom. The number of thioether (sulfide) groups is 1. The molecule has 0 fully saturated rings. The monoisotopic (exact) mass is 355 g/mol. The zero-order valence-electron chi connectivity index (χ0n) is 14.4. The van der Waals surface area contributed by atoms with Gasteiger partial charge in [0.25, 0.3) is 0 Å². The molecular formula is C20H21NO3S. The number of benzene rings is 2. The molecule has 0 atom stereocenters. The zero-order valence-corrected chi connectivity index (χ0v) is 15.2. The normalized spacial score (nSPS) is 10.6. The fourth-order valence-corrected chi connectivity index (χ4v) is 2.96. The van der Waals surface area contributed by atoms with Crippen molar-refractivity contribution in [3.05, 3.63) is 66.1 Å². The van der Waals surface area contributed by atoms with Crippen LogP contribution in [0.15, 0.2) is 59.2 Å². The lowest BCUT2D eigenvalue weighted by atomic mass is 10.2. The van der Waals surface area contributed by atoms with Gasteiger partial charge in [0.15, 0.2) is 0 Å². The highest BCUT2D eigenvalue weighted by Crippen LogP contribution is 2.23. The maximum absolute atomic E-state index is 5.72. The highest BCUT2D eigenvalue weighted by Gasteiger charge is 2.07. The first-order chi connectivity index (χ1) is 12.2. The van der Waals surface area contributed by atoms with Gasteiger partial charge in [-0.25, -0.2) is 4.98 Å². The molecule has 4 nitrogen and oxygen atoms in total. The van der Waals surface area contributed by atoms with Crippen LogP contribution in [0.25, 0.3) is 11.5 Å². The Morgan fingerprint density at radius 1 is 1.00 bits per heavy atom. The molecule has 0 aliphatic rings. The van der Waals surface area contributed by atoms with E-state index < -0.39 is 0 Å². The standard InChI is InChI=1S/C20H21NO3S/c1-15-3-7-19(8-4-15)23-11-12-25-14-17-13-24-20(21-17)16-5-9-18(22-2)10-6-16/h3-10,13H,11-12,14H2,1-2H3. The number of oxazole rings is 1. The Kier molecular flexibility index (Phi) is 6.01. The molecule has 2 aromatic carbocycles. The second-order valence-corrected chi connectivity index (χ2v) is 6.69. The minimum atomic E-state index is 0.633. The maximum atomic E-state index is 5.72. The van der Waals surface area contributed by atoms with Gasteiger partial charge in [-0.3, -0.25) is 0 Å². The molecule has 1 aromatic heterocycles. The van der Waals surface area contributed by atoms with E-state index in [1.807, 2.05) is 36.4 Å². The number of methoxy groups -OCH3 is 1. The Balaban J connectivity index is 1.43. The summed E-state index contributed by atoms with van der Waals surface area (Å²) >= 11 is 1.78. The number of aromatic nitrogens is 1. The van der Waals surface area contributed by atoms with Gasteiger partial charge in [-0.15, -0.1) is 0 Å². The third kappa shape index (κ3) is 5.03. The third-order valence-electron chi connectivity index (χ3n) is 3.66. The second kappa shape index (κ2) is 8.62. The van der Waals surface area contributed by atoms with Crippen molar-refractivity contribution in [1.82, 2.24) is 4.98 Å². The molecule has 3 rings (SSSR count). The molecule has 0 N–H and O–H groups in total. The average Bonchev–Trinajstić information content (AvgIpc) is 3.12. The van der Waals surface area contributed by atoms with Gasteiger partial charge < -0.3 is 13.9 Å². The Hall–Kier alpha value is -2.40. The molecule has 0 saturated heterocycles. The topological polar surface area (TPSA) is 44.5 Å². The van der Waals surface area contributed by atoms with Crippen LogP contribution in [0.5, 0.6) is 11.5 Å². The molecule has 1 heterocycles. The lowest BCUT2D eigenvalue weighted by Crippen LogP contribution is -2.00. The predicted octanol–water partition coefficient (Wildman–Crippen LogP) is 4.97. The van der Waals surface area contributed by atoms with E-state index in [2.05, 4.69) is 24.0 Å². The fraction of sp³-hybridized carbons (Fsp3) is 0.250. The number of ether oxygens (including phenoxy) is 2. The van der Waals surface area contributed by atoms with Crippen LogP contribution in [0.1, 0.15) is 11.3 Å². The van der Waals surface area contributed by atoms with Gasteiger partial charge in [-0.2, -0.15) is 11.8 Å². The molecule has 0 aliphatic carbocycles. The Morgan fingerprint density at radius 3 is 2.44 bits per heavy atom. The molecule has 5 heteroatoms. The first-order valence-electron chi connectivity index (χ1n) is 8.10. The number of rotatable bonds is 8. The quantitative estimate of drug-likeness (QED) is 0.534. The first kappa shape index (κ1) is 17.4. The van der Waals surface area contributed by atoms with Crippen LogP contribution < -0.4 is 9.47 Å². The van der Waals surface area contributed by atoms with Crippen LogP contribution >= 0.6 is 11.8 Å². The van der Waals surface area contributed by atoms with E-state index in [4.69, 9.17) is 13.9 Å². The van der Waals surface area contributed by atoms with Crippen LogP contribution in [0.4, 0.5) is 0 Å². The average molecular weight is 355 g/mol. The molecule has 3 aromatic rings. The van der Waals surface area contributed by atoms with Crippen molar-refractivity contribution in [2.75, 3.05) is 19.5 Å². The minimum absolute atomic E-state index is 0.633. The molecule has 130 valence electrons. The summed E-state index contributed by atoms with van der Waals surface area (Å²) in [4.78, 5) is 4.53. The SMILES string of the molecule is COc1ccc(-c2nc(CSCCOc3ccc(C)cc3)co2)cc1. The van der Waals surface area contributed by atoms with Crippen LogP contribution in [0.2, 0.25) is 0 Å². The summed E-state index contributed by atoms with van der Waals surface area (Å²) in [5.41, 5.74) is 3.12. The molecule has 0 amide bonds. The summed E-state index contributed by atoms with van der Waals surface area (Å²) in [6, 6.07) is 15.8. The van der Waals surface area contributed by atoms with E-state index in [9.17, 15) is 0 Å². The lowest BCUT2D eigenvalue weighted by molar-refractivity contribution is 0.344. The first-order valence-corrected chi connectivity index (χ1v) is 9.26. The largest absolute Gasteiger partial charge is 0.497 e. The molecule has 0 aliphatic heterocycles. The number of hydrogen-bond acceptors (Lipinski definition) is 5. The summed E-state index contributed by atoms with van der Waals surface area (Å²) in [7, 11) is 1.65. The molecule has 0 spiro atoms. The Labute approximate surface area is 152 Å². The fourth-order valence-electron chi connectivity index (χ4n) is 2.27. The zero-order chi connectivity index (χ0) is 17.5. The summed E-state index contributed by atoms with van der Waals surface area (Å²) in [5, 5.41) is 0. The van der Waals surface area contributed by atoms with Gasteiger partial charge in [-0.05, 0) is 43.3 Å². The van der Waals surface area contributed by atoms with Crippen molar-refractivity contribution in [3.8, 4) is 23.0 Å². The van der Waals surface area contributed by atoms with Crippen LogP contribution in [-0.2, 0) is 5.75 Å². The van der Waals surface area contributed by atoms with Crippen molar-refractivity contribution >= 4 is 11.8 Å². The van der Waals surface area contributed by atoms with Gasteiger partial charge in [0.1, 0.15) is 17.8 Å². The van der Waals surface area contributed by atoms with E-state index in [-0.39, 0.29) is 0 Å². The van der Waals surface area contributed by atoms with E-state index in [0.717, 1.165) is 34.3 Å². The smallest absolute Gasteiger partial charge is 0.226 e. The second-order valence-electron chi connectivity index (χ2n) is 5.59. The number of hydrogen-bond donors (Lipinski definition) is 0. The molecule has 0 bridgehead atoms. The predicted molar refractivity (Wildman–Crippen MR) is 101 cm³/mol. The van der Waals surface area contributed by atoms with E-state index in [1.165, 1.54) is 5.56 Å². The maximum Gasteiger partial charge on any atom is 0.226 e. The van der Waals surface area contributed by atoms with Crippen molar-refractivity contribution < 1.29 is 13.9 Å². The highest BCUT2D eigenvalue weighted by atomic mass is 32.2. The molecule has 0 saturated carbocycles. The Bertz CT molecular complexity index is 781.